The lowest BCUT2D eigenvalue weighted by Gasteiger charge is -2.18. The Labute approximate surface area is 106 Å². The first-order valence-electron chi connectivity index (χ1n) is 5.55. The van der Waals surface area contributed by atoms with Crippen molar-refractivity contribution in [1.82, 2.24) is 10.2 Å². The van der Waals surface area contributed by atoms with E-state index in [1.54, 1.807) is 6.20 Å². The Morgan fingerprint density at radius 2 is 2.11 bits per heavy atom. The first-order valence-corrected chi connectivity index (χ1v) is 5.55. The summed E-state index contributed by atoms with van der Waals surface area (Å²) in [4.78, 5) is 1.91. The number of nitrogen functional groups attached to an aromatic ring is 1. The van der Waals surface area contributed by atoms with E-state index in [9.17, 15) is 0 Å². The minimum absolute atomic E-state index is 0.0561. The molecule has 3 N–H and O–H groups in total. The highest BCUT2D eigenvalue weighted by atomic mass is 15.2. The average molecular weight is 241 g/mol. The molecule has 0 spiro atoms. The van der Waals surface area contributed by atoms with Gasteiger partial charge in [0.2, 0.25) is 0 Å². The van der Waals surface area contributed by atoms with Crippen LogP contribution in [0.25, 0.3) is 0 Å². The monoisotopic (exact) mass is 241 g/mol. The van der Waals surface area contributed by atoms with Gasteiger partial charge in [-0.2, -0.15) is 5.10 Å². The fraction of sp³-hybridized carbons (Fsp3) is 0.154. The minimum atomic E-state index is 0.0561. The molecule has 0 aliphatic carbocycles. The van der Waals surface area contributed by atoms with Crippen molar-refractivity contribution in [2.24, 2.45) is 5.73 Å². The maximum Gasteiger partial charge on any atom is 0.155 e. The van der Waals surface area contributed by atoms with Crippen LogP contribution in [0.5, 0.6) is 0 Å². The highest BCUT2D eigenvalue weighted by Gasteiger charge is 2.07. The zero-order valence-electron chi connectivity index (χ0n) is 10.4. The first kappa shape index (κ1) is 12.0. The van der Waals surface area contributed by atoms with Crippen LogP contribution < -0.4 is 10.6 Å². The zero-order valence-corrected chi connectivity index (χ0v) is 10.4. The summed E-state index contributed by atoms with van der Waals surface area (Å²) < 4.78 is 0. The lowest BCUT2D eigenvalue weighted by Crippen LogP contribution is -2.15. The molecule has 0 unspecified atom stereocenters. The van der Waals surface area contributed by atoms with E-state index in [1.807, 2.05) is 49.2 Å². The van der Waals surface area contributed by atoms with Crippen molar-refractivity contribution in [3.63, 3.8) is 0 Å². The smallest absolute Gasteiger partial charge is 0.155 e. The van der Waals surface area contributed by atoms with Gasteiger partial charge in [-0.05, 0) is 30.7 Å². The van der Waals surface area contributed by atoms with E-state index < -0.39 is 0 Å². The van der Waals surface area contributed by atoms with Gasteiger partial charge in [0.05, 0.1) is 6.20 Å². The Hall–Kier alpha value is -2.43. The van der Waals surface area contributed by atoms with Crippen LogP contribution in [-0.2, 0) is 0 Å². The topological polar surface area (TPSA) is 78.9 Å². The van der Waals surface area contributed by atoms with Gasteiger partial charge in [0, 0.05) is 18.3 Å². The number of hydrogen-bond donors (Lipinski definition) is 2. The number of nitrogens with zero attached hydrogens (tertiary/aromatic N) is 3. The van der Waals surface area contributed by atoms with Crippen molar-refractivity contribution in [2.75, 3.05) is 11.9 Å². The van der Waals surface area contributed by atoms with Crippen LogP contribution in [0.2, 0.25) is 0 Å². The summed E-state index contributed by atoms with van der Waals surface area (Å²) in [6, 6.07) is 9.42. The van der Waals surface area contributed by atoms with Crippen molar-refractivity contribution >= 4 is 17.3 Å². The molecule has 2 aromatic rings. The quantitative estimate of drug-likeness (QED) is 0.634. The Balaban J connectivity index is 2.36. The number of rotatable bonds is 3. The molecule has 0 saturated heterocycles. The molecule has 0 aliphatic rings. The second kappa shape index (κ2) is 4.83. The Bertz CT molecular complexity index is 579. The van der Waals surface area contributed by atoms with Crippen LogP contribution in [0.4, 0.5) is 11.5 Å². The molecule has 0 saturated carbocycles. The third-order valence-electron chi connectivity index (χ3n) is 2.67. The van der Waals surface area contributed by atoms with Crippen molar-refractivity contribution in [3.8, 4) is 0 Å². The number of hydrogen-bond acceptors (Lipinski definition) is 4. The van der Waals surface area contributed by atoms with Crippen LogP contribution in [0.3, 0.4) is 0 Å². The van der Waals surface area contributed by atoms with Gasteiger partial charge >= 0.3 is 0 Å². The summed E-state index contributed by atoms with van der Waals surface area (Å²) in [5.41, 5.74) is 8.15. The molecule has 0 aliphatic heterocycles. The molecule has 5 nitrogen and oxygen atoms in total. The highest BCUT2D eigenvalue weighted by molar-refractivity contribution is 5.95. The number of benzene rings is 1. The van der Waals surface area contributed by atoms with Gasteiger partial charge in [-0.1, -0.05) is 12.1 Å². The summed E-state index contributed by atoms with van der Waals surface area (Å²) in [6.45, 7) is 1.97. The molecule has 0 atom stereocenters. The van der Waals surface area contributed by atoms with E-state index in [1.165, 1.54) is 0 Å². The molecule has 0 amide bonds. The van der Waals surface area contributed by atoms with E-state index in [4.69, 9.17) is 11.1 Å². The van der Waals surface area contributed by atoms with Gasteiger partial charge in [0.25, 0.3) is 0 Å². The fourth-order valence-corrected chi connectivity index (χ4v) is 1.63. The number of aryl methyl sites for hydroxylation is 1. The lowest BCUT2D eigenvalue weighted by molar-refractivity contribution is 0.975. The molecular weight excluding hydrogens is 226 g/mol. The van der Waals surface area contributed by atoms with Crippen LogP contribution in [0, 0.1) is 12.3 Å². The van der Waals surface area contributed by atoms with E-state index in [0.29, 0.717) is 5.56 Å². The largest absolute Gasteiger partial charge is 0.384 e. The van der Waals surface area contributed by atoms with E-state index in [-0.39, 0.29) is 5.84 Å². The van der Waals surface area contributed by atoms with E-state index >= 15 is 0 Å². The van der Waals surface area contributed by atoms with Gasteiger partial charge in [0.15, 0.2) is 5.82 Å². The van der Waals surface area contributed by atoms with Crippen LogP contribution in [0.1, 0.15) is 11.1 Å². The molecule has 0 bridgehead atoms. The van der Waals surface area contributed by atoms with Gasteiger partial charge in [0.1, 0.15) is 5.84 Å². The zero-order chi connectivity index (χ0) is 13.1. The number of nitrogens with two attached hydrogens (primary N) is 1. The van der Waals surface area contributed by atoms with Crippen LogP contribution in [-0.4, -0.2) is 23.1 Å². The summed E-state index contributed by atoms with van der Waals surface area (Å²) in [5.74, 6) is 0.816. The molecule has 18 heavy (non-hydrogen) atoms. The molecule has 0 fully saturated rings. The first-order chi connectivity index (χ1) is 8.58. The number of nitrogens with one attached hydrogen (secondary N) is 1. The summed E-state index contributed by atoms with van der Waals surface area (Å²) in [7, 11) is 1.91. The number of aromatic nitrogens is 2. The van der Waals surface area contributed by atoms with Crippen LogP contribution >= 0.6 is 0 Å². The minimum Gasteiger partial charge on any atom is -0.384 e. The molecule has 92 valence electrons. The third kappa shape index (κ3) is 2.45. The lowest BCUT2D eigenvalue weighted by atomic mass is 10.1. The molecule has 5 heteroatoms. The maximum absolute atomic E-state index is 7.44. The summed E-state index contributed by atoms with van der Waals surface area (Å²) in [6.07, 6.45) is 1.71. The second-order valence-electron chi connectivity index (χ2n) is 4.11. The number of amidine groups is 1. The van der Waals surface area contributed by atoms with Gasteiger partial charge in [-0.3, -0.25) is 5.41 Å². The van der Waals surface area contributed by atoms with E-state index in [0.717, 1.165) is 17.1 Å². The third-order valence-corrected chi connectivity index (χ3v) is 2.67. The SMILES string of the molecule is Cc1cnnc(N(C)c2cccc(C(=N)N)c2)c1. The Morgan fingerprint density at radius 1 is 1.33 bits per heavy atom. The summed E-state index contributed by atoms with van der Waals surface area (Å²) >= 11 is 0. The molecule has 0 radical (unpaired) electrons. The highest BCUT2D eigenvalue weighted by Crippen LogP contribution is 2.22. The van der Waals surface area contributed by atoms with Crippen LogP contribution in [0.15, 0.2) is 36.5 Å². The molecular formula is C13H15N5. The Kier molecular flexibility index (Phi) is 3.23. The van der Waals surface area contributed by atoms with E-state index in [2.05, 4.69) is 10.2 Å². The van der Waals surface area contributed by atoms with Gasteiger partial charge in [-0.15, -0.1) is 5.10 Å². The Morgan fingerprint density at radius 3 is 2.78 bits per heavy atom. The predicted octanol–water partition coefficient (Wildman–Crippen LogP) is 1.84. The van der Waals surface area contributed by atoms with Crippen molar-refractivity contribution in [3.05, 3.63) is 47.7 Å². The molecule has 1 aromatic carbocycles. The van der Waals surface area contributed by atoms with Crippen molar-refractivity contribution in [1.29, 1.82) is 5.41 Å². The molecule has 2 rings (SSSR count). The fourth-order valence-electron chi connectivity index (χ4n) is 1.63. The number of anilines is 2. The molecule has 1 aromatic heterocycles. The summed E-state index contributed by atoms with van der Waals surface area (Å²) in [5, 5.41) is 15.5. The molecule has 1 heterocycles. The van der Waals surface area contributed by atoms with Gasteiger partial charge in [-0.25, -0.2) is 0 Å². The van der Waals surface area contributed by atoms with Crippen molar-refractivity contribution in [2.45, 2.75) is 6.92 Å². The van der Waals surface area contributed by atoms with Gasteiger partial charge < -0.3 is 10.6 Å². The van der Waals surface area contributed by atoms with Crippen molar-refractivity contribution < 1.29 is 0 Å². The predicted molar refractivity (Wildman–Crippen MR) is 72.3 cm³/mol. The second-order valence-corrected chi connectivity index (χ2v) is 4.11. The maximum atomic E-state index is 7.44. The standard InChI is InChI=1S/C13H15N5/c1-9-6-12(17-16-8-9)18(2)11-5-3-4-10(7-11)13(14)15/h3-8H,1-2H3,(H3,14,15). The normalized spacial score (nSPS) is 10.1. The average Bonchev–Trinajstić information content (AvgIpc) is 2.38.